The molecular formula is C15H21NO. The first-order valence-corrected chi connectivity index (χ1v) is 6.17. The molecule has 1 heterocycles. The Morgan fingerprint density at radius 3 is 3.00 bits per heavy atom. The fraction of sp³-hybridized carbons (Fsp3) is 0.467. The lowest BCUT2D eigenvalue weighted by atomic mass is 10.0. The fourth-order valence-corrected chi connectivity index (χ4v) is 2.14. The first-order chi connectivity index (χ1) is 8.00. The van der Waals surface area contributed by atoms with Crippen LogP contribution in [0.15, 0.2) is 30.9 Å². The van der Waals surface area contributed by atoms with Crippen LogP contribution >= 0.6 is 0 Å². The lowest BCUT2D eigenvalue weighted by Gasteiger charge is -2.16. The minimum absolute atomic E-state index is 0.0528. The molecule has 1 unspecified atom stereocenters. The molecule has 1 aliphatic heterocycles. The van der Waals surface area contributed by atoms with Crippen LogP contribution in [0.1, 0.15) is 31.9 Å². The van der Waals surface area contributed by atoms with Crippen molar-refractivity contribution in [1.29, 1.82) is 0 Å². The molecular weight excluding hydrogens is 210 g/mol. The zero-order valence-corrected chi connectivity index (χ0v) is 10.9. The van der Waals surface area contributed by atoms with Gasteiger partial charge in [-0.15, -0.1) is 6.58 Å². The average Bonchev–Trinajstić information content (AvgIpc) is 2.58. The van der Waals surface area contributed by atoms with E-state index in [4.69, 9.17) is 4.74 Å². The molecule has 0 aliphatic carbocycles. The SMILES string of the molecule is C=CC(C)NCc1ccc2c(c1)CC(C)(C)O2. The summed E-state index contributed by atoms with van der Waals surface area (Å²) in [6, 6.07) is 6.80. The number of hydrogen-bond acceptors (Lipinski definition) is 2. The van der Waals surface area contributed by atoms with E-state index in [2.05, 4.69) is 50.9 Å². The van der Waals surface area contributed by atoms with Gasteiger partial charge in [-0.1, -0.05) is 18.2 Å². The predicted octanol–water partition coefficient (Wildman–Crippen LogP) is 3.06. The van der Waals surface area contributed by atoms with E-state index in [1.807, 2.05) is 6.08 Å². The Morgan fingerprint density at radius 1 is 1.53 bits per heavy atom. The number of rotatable bonds is 4. The molecule has 0 bridgehead atoms. The van der Waals surface area contributed by atoms with Gasteiger partial charge < -0.3 is 10.1 Å². The molecule has 1 aromatic rings. The number of ether oxygens (including phenoxy) is 1. The van der Waals surface area contributed by atoms with Gasteiger partial charge in [-0.3, -0.25) is 0 Å². The molecule has 1 N–H and O–H groups in total. The van der Waals surface area contributed by atoms with E-state index in [-0.39, 0.29) is 5.60 Å². The normalized spacial score (nSPS) is 18.3. The van der Waals surface area contributed by atoms with Gasteiger partial charge in [0, 0.05) is 19.0 Å². The Morgan fingerprint density at radius 2 is 2.29 bits per heavy atom. The Bertz CT molecular complexity index is 423. The zero-order valence-electron chi connectivity index (χ0n) is 10.9. The Labute approximate surface area is 104 Å². The van der Waals surface area contributed by atoms with E-state index in [0.29, 0.717) is 6.04 Å². The zero-order chi connectivity index (χ0) is 12.5. The molecule has 0 fully saturated rings. The van der Waals surface area contributed by atoms with Crippen molar-refractivity contribution >= 4 is 0 Å². The second-order valence-electron chi connectivity index (χ2n) is 5.39. The molecule has 1 aromatic carbocycles. The van der Waals surface area contributed by atoms with Crippen LogP contribution in [0.25, 0.3) is 0 Å². The van der Waals surface area contributed by atoms with Gasteiger partial charge in [-0.2, -0.15) is 0 Å². The van der Waals surface area contributed by atoms with Crippen molar-refractivity contribution in [1.82, 2.24) is 5.32 Å². The van der Waals surface area contributed by atoms with Crippen LogP contribution in [-0.4, -0.2) is 11.6 Å². The third kappa shape index (κ3) is 2.89. The van der Waals surface area contributed by atoms with Crippen molar-refractivity contribution in [3.8, 4) is 5.75 Å². The number of benzene rings is 1. The fourth-order valence-electron chi connectivity index (χ4n) is 2.14. The summed E-state index contributed by atoms with van der Waals surface area (Å²) in [5, 5.41) is 3.40. The Hall–Kier alpha value is -1.28. The maximum absolute atomic E-state index is 5.86. The van der Waals surface area contributed by atoms with Crippen molar-refractivity contribution in [3.63, 3.8) is 0 Å². The van der Waals surface area contributed by atoms with Crippen LogP contribution in [0, 0.1) is 0 Å². The summed E-state index contributed by atoms with van der Waals surface area (Å²) < 4.78 is 5.86. The van der Waals surface area contributed by atoms with E-state index in [1.165, 1.54) is 11.1 Å². The molecule has 2 rings (SSSR count). The predicted molar refractivity (Wildman–Crippen MR) is 71.4 cm³/mol. The van der Waals surface area contributed by atoms with E-state index in [9.17, 15) is 0 Å². The summed E-state index contributed by atoms with van der Waals surface area (Å²) >= 11 is 0. The molecule has 17 heavy (non-hydrogen) atoms. The second kappa shape index (κ2) is 4.53. The summed E-state index contributed by atoms with van der Waals surface area (Å²) in [7, 11) is 0. The van der Waals surface area contributed by atoms with Crippen LogP contribution in [-0.2, 0) is 13.0 Å². The molecule has 0 saturated heterocycles. The Kier molecular flexibility index (Phi) is 3.25. The van der Waals surface area contributed by atoms with Crippen molar-refractivity contribution in [3.05, 3.63) is 42.0 Å². The van der Waals surface area contributed by atoms with Crippen molar-refractivity contribution in [2.75, 3.05) is 0 Å². The van der Waals surface area contributed by atoms with Gasteiger partial charge in [0.1, 0.15) is 11.4 Å². The molecule has 1 atom stereocenters. The average molecular weight is 231 g/mol. The van der Waals surface area contributed by atoms with E-state index >= 15 is 0 Å². The van der Waals surface area contributed by atoms with Crippen LogP contribution in [0.5, 0.6) is 5.75 Å². The van der Waals surface area contributed by atoms with Crippen LogP contribution in [0.4, 0.5) is 0 Å². The van der Waals surface area contributed by atoms with Crippen LogP contribution in [0.2, 0.25) is 0 Å². The van der Waals surface area contributed by atoms with Crippen LogP contribution in [0.3, 0.4) is 0 Å². The maximum Gasteiger partial charge on any atom is 0.123 e. The summed E-state index contributed by atoms with van der Waals surface area (Å²) in [4.78, 5) is 0. The van der Waals surface area contributed by atoms with Gasteiger partial charge in [-0.05, 0) is 38.0 Å². The first kappa shape index (κ1) is 12.2. The number of nitrogens with one attached hydrogen (secondary N) is 1. The van der Waals surface area contributed by atoms with Crippen molar-refractivity contribution < 1.29 is 4.74 Å². The monoisotopic (exact) mass is 231 g/mol. The quantitative estimate of drug-likeness (QED) is 0.804. The number of hydrogen-bond donors (Lipinski definition) is 1. The molecule has 2 nitrogen and oxygen atoms in total. The highest BCUT2D eigenvalue weighted by Crippen LogP contribution is 2.35. The second-order valence-corrected chi connectivity index (χ2v) is 5.39. The molecule has 0 aromatic heterocycles. The molecule has 0 saturated carbocycles. The molecule has 2 heteroatoms. The van der Waals surface area contributed by atoms with Gasteiger partial charge in [0.25, 0.3) is 0 Å². The third-order valence-electron chi connectivity index (χ3n) is 3.11. The summed E-state index contributed by atoms with van der Waals surface area (Å²) in [5.41, 5.74) is 2.57. The molecule has 92 valence electrons. The van der Waals surface area contributed by atoms with Gasteiger partial charge in [-0.25, -0.2) is 0 Å². The minimum atomic E-state index is -0.0528. The molecule has 0 radical (unpaired) electrons. The summed E-state index contributed by atoms with van der Waals surface area (Å²) in [6.45, 7) is 11.0. The van der Waals surface area contributed by atoms with Gasteiger partial charge >= 0.3 is 0 Å². The standard InChI is InChI=1S/C15H21NO/c1-5-11(2)16-10-12-6-7-14-13(8-12)9-15(3,4)17-14/h5-8,11,16H,1,9-10H2,2-4H3. The smallest absolute Gasteiger partial charge is 0.123 e. The van der Waals surface area contributed by atoms with E-state index in [0.717, 1.165) is 18.7 Å². The highest BCUT2D eigenvalue weighted by molar-refractivity contribution is 5.41. The lowest BCUT2D eigenvalue weighted by Crippen LogP contribution is -2.24. The topological polar surface area (TPSA) is 21.3 Å². The summed E-state index contributed by atoms with van der Waals surface area (Å²) in [6.07, 6.45) is 2.91. The third-order valence-corrected chi connectivity index (χ3v) is 3.11. The molecule has 0 spiro atoms. The lowest BCUT2D eigenvalue weighted by molar-refractivity contribution is 0.138. The highest BCUT2D eigenvalue weighted by Gasteiger charge is 2.29. The van der Waals surface area contributed by atoms with E-state index < -0.39 is 0 Å². The van der Waals surface area contributed by atoms with Gasteiger partial charge in [0.05, 0.1) is 0 Å². The number of fused-ring (bicyclic) bond motifs is 1. The van der Waals surface area contributed by atoms with Crippen molar-refractivity contribution in [2.45, 2.75) is 45.4 Å². The van der Waals surface area contributed by atoms with Crippen LogP contribution < -0.4 is 10.1 Å². The molecule has 1 aliphatic rings. The largest absolute Gasteiger partial charge is 0.487 e. The Balaban J connectivity index is 2.06. The minimum Gasteiger partial charge on any atom is -0.487 e. The summed E-state index contributed by atoms with van der Waals surface area (Å²) in [5.74, 6) is 1.04. The first-order valence-electron chi connectivity index (χ1n) is 6.17. The maximum atomic E-state index is 5.86. The van der Waals surface area contributed by atoms with E-state index in [1.54, 1.807) is 0 Å². The molecule has 0 amide bonds. The van der Waals surface area contributed by atoms with Gasteiger partial charge in [0.15, 0.2) is 0 Å². The van der Waals surface area contributed by atoms with Crippen molar-refractivity contribution in [2.24, 2.45) is 0 Å². The highest BCUT2D eigenvalue weighted by atomic mass is 16.5. The van der Waals surface area contributed by atoms with Gasteiger partial charge in [0.2, 0.25) is 0 Å².